The van der Waals surface area contributed by atoms with E-state index in [4.69, 9.17) is 17.3 Å². The lowest BCUT2D eigenvalue weighted by Gasteiger charge is -2.13. The Bertz CT molecular complexity index is 658. The molecule has 0 radical (unpaired) electrons. The summed E-state index contributed by atoms with van der Waals surface area (Å²) >= 11 is 7.24. The van der Waals surface area contributed by atoms with Crippen LogP contribution in [-0.2, 0) is 9.53 Å². The molecular weight excluding hydrogens is 312 g/mol. The van der Waals surface area contributed by atoms with Crippen molar-refractivity contribution in [3.63, 3.8) is 0 Å². The van der Waals surface area contributed by atoms with Crippen LogP contribution in [0.5, 0.6) is 0 Å². The lowest BCUT2D eigenvalue weighted by Crippen LogP contribution is -2.27. The molecule has 1 amide bonds. The molecule has 2 rings (SSSR count). The average molecular weight is 325 g/mol. The molecule has 0 aliphatic rings. The molecule has 110 valence electrons. The monoisotopic (exact) mass is 324 g/mol. The van der Waals surface area contributed by atoms with Crippen molar-refractivity contribution in [1.29, 1.82) is 0 Å². The molecule has 21 heavy (non-hydrogen) atoms. The van der Waals surface area contributed by atoms with Crippen molar-refractivity contribution in [2.24, 2.45) is 5.73 Å². The Kier molecular flexibility index (Phi) is 4.95. The highest BCUT2D eigenvalue weighted by atomic mass is 35.5. The third-order valence-electron chi connectivity index (χ3n) is 2.78. The van der Waals surface area contributed by atoms with Crippen LogP contribution in [0.2, 0.25) is 5.02 Å². The number of carbonyl (C=O) groups is 2. The number of thiophene rings is 1. The van der Waals surface area contributed by atoms with E-state index in [1.807, 2.05) is 11.4 Å². The summed E-state index contributed by atoms with van der Waals surface area (Å²) in [5.41, 5.74) is 6.36. The first-order chi connectivity index (χ1) is 10.0. The number of esters is 1. The van der Waals surface area contributed by atoms with Crippen molar-refractivity contribution in [3.05, 3.63) is 51.2 Å². The zero-order chi connectivity index (χ0) is 15.4. The van der Waals surface area contributed by atoms with Crippen molar-refractivity contribution in [3.8, 4) is 0 Å². The van der Waals surface area contributed by atoms with Gasteiger partial charge in [0.25, 0.3) is 0 Å². The summed E-state index contributed by atoms with van der Waals surface area (Å²) in [5, 5.41) is 4.83. The number of halogens is 1. The number of carbonyl (C=O) groups excluding carboxylic acids is 2. The third-order valence-corrected chi connectivity index (χ3v) is 3.97. The van der Waals surface area contributed by atoms with E-state index in [9.17, 15) is 9.59 Å². The highest BCUT2D eigenvalue weighted by Crippen LogP contribution is 2.24. The van der Waals surface area contributed by atoms with Crippen LogP contribution >= 0.6 is 22.9 Å². The van der Waals surface area contributed by atoms with E-state index in [0.29, 0.717) is 10.7 Å². The zero-order valence-corrected chi connectivity index (χ0v) is 12.7. The van der Waals surface area contributed by atoms with Gasteiger partial charge in [-0.05, 0) is 29.6 Å². The molecule has 0 saturated heterocycles. The van der Waals surface area contributed by atoms with Crippen LogP contribution in [0.4, 0.5) is 5.69 Å². The van der Waals surface area contributed by atoms with Crippen LogP contribution < -0.4 is 11.1 Å². The normalized spacial score (nSPS) is 11.8. The molecule has 1 heterocycles. The van der Waals surface area contributed by atoms with E-state index in [1.54, 1.807) is 12.1 Å². The van der Waals surface area contributed by atoms with Crippen LogP contribution in [0.3, 0.4) is 0 Å². The van der Waals surface area contributed by atoms with Crippen LogP contribution in [0.25, 0.3) is 0 Å². The predicted molar refractivity (Wildman–Crippen MR) is 82.7 cm³/mol. The number of hydrogen-bond acceptors (Lipinski definition) is 5. The van der Waals surface area contributed by atoms with Crippen LogP contribution in [-0.4, -0.2) is 19.0 Å². The largest absolute Gasteiger partial charge is 0.465 e. The highest BCUT2D eigenvalue weighted by molar-refractivity contribution is 7.10. The van der Waals surface area contributed by atoms with Gasteiger partial charge in [-0.15, -0.1) is 11.3 Å². The average Bonchev–Trinajstić information content (AvgIpc) is 3.01. The summed E-state index contributed by atoms with van der Waals surface area (Å²) in [5.74, 6) is -0.998. The Hall–Kier alpha value is -1.89. The van der Waals surface area contributed by atoms with E-state index in [2.05, 4.69) is 10.1 Å². The second-order valence-electron chi connectivity index (χ2n) is 4.16. The first kappa shape index (κ1) is 15.5. The van der Waals surface area contributed by atoms with E-state index >= 15 is 0 Å². The van der Waals surface area contributed by atoms with Gasteiger partial charge in [0.05, 0.1) is 18.4 Å². The molecule has 0 saturated carbocycles. The van der Waals surface area contributed by atoms with Gasteiger partial charge in [-0.3, -0.25) is 4.79 Å². The minimum Gasteiger partial charge on any atom is -0.465 e. The Labute approximate surface area is 130 Å². The highest BCUT2D eigenvalue weighted by Gasteiger charge is 2.20. The fourth-order valence-electron chi connectivity index (χ4n) is 1.71. The minimum atomic E-state index is -0.800. The van der Waals surface area contributed by atoms with Crippen molar-refractivity contribution < 1.29 is 14.3 Å². The maximum Gasteiger partial charge on any atom is 0.340 e. The number of ether oxygens (including phenoxy) is 1. The zero-order valence-electron chi connectivity index (χ0n) is 11.1. The number of hydrogen-bond donors (Lipinski definition) is 2. The van der Waals surface area contributed by atoms with E-state index in [0.717, 1.165) is 4.88 Å². The number of nitrogens with two attached hydrogens (primary N) is 1. The lowest BCUT2D eigenvalue weighted by atomic mass is 10.1. The van der Waals surface area contributed by atoms with E-state index < -0.39 is 17.9 Å². The van der Waals surface area contributed by atoms with Crippen molar-refractivity contribution in [2.75, 3.05) is 12.4 Å². The Morgan fingerprint density at radius 2 is 2.14 bits per heavy atom. The van der Waals surface area contributed by atoms with Crippen molar-refractivity contribution in [2.45, 2.75) is 6.04 Å². The molecule has 0 bridgehead atoms. The molecule has 1 unspecified atom stereocenters. The van der Waals surface area contributed by atoms with E-state index in [1.165, 1.54) is 30.6 Å². The fourth-order valence-corrected chi connectivity index (χ4v) is 2.61. The molecule has 1 aromatic heterocycles. The number of methoxy groups -OCH3 is 1. The van der Waals surface area contributed by atoms with Gasteiger partial charge in [-0.1, -0.05) is 17.7 Å². The van der Waals surface area contributed by atoms with Gasteiger partial charge in [0, 0.05) is 9.90 Å². The molecule has 5 nitrogen and oxygen atoms in total. The first-order valence-corrected chi connectivity index (χ1v) is 7.26. The van der Waals surface area contributed by atoms with E-state index in [-0.39, 0.29) is 5.56 Å². The third kappa shape index (κ3) is 3.60. The fraction of sp³-hybridized carbons (Fsp3) is 0.143. The standard InChI is InChI=1S/C14H13ClN2O3S/c1-20-14(19)9-7-8(15)4-5-10(9)17-13(18)12(16)11-3-2-6-21-11/h2-7,12H,16H2,1H3,(H,17,18). The molecule has 1 atom stereocenters. The number of anilines is 1. The van der Waals surface area contributed by atoms with Gasteiger partial charge in [-0.2, -0.15) is 0 Å². The first-order valence-electron chi connectivity index (χ1n) is 6.00. The summed E-state index contributed by atoms with van der Waals surface area (Å²) in [4.78, 5) is 24.6. The molecule has 3 N–H and O–H groups in total. The van der Waals surface area contributed by atoms with Crippen LogP contribution in [0.15, 0.2) is 35.7 Å². The Balaban J connectivity index is 2.23. The van der Waals surface area contributed by atoms with Gasteiger partial charge in [0.15, 0.2) is 0 Å². The molecule has 0 aliphatic heterocycles. The topological polar surface area (TPSA) is 81.4 Å². The molecule has 2 aromatic rings. The smallest absolute Gasteiger partial charge is 0.340 e. The molecule has 7 heteroatoms. The van der Waals surface area contributed by atoms with Crippen LogP contribution in [0.1, 0.15) is 21.3 Å². The second kappa shape index (κ2) is 6.71. The van der Waals surface area contributed by atoms with Crippen molar-refractivity contribution in [1.82, 2.24) is 0 Å². The molecule has 0 spiro atoms. The Morgan fingerprint density at radius 1 is 1.38 bits per heavy atom. The minimum absolute atomic E-state index is 0.178. The molecule has 0 fully saturated rings. The van der Waals surface area contributed by atoms with Crippen LogP contribution in [0, 0.1) is 0 Å². The quantitative estimate of drug-likeness (QED) is 0.847. The molecular formula is C14H13ClN2O3S. The summed E-state index contributed by atoms with van der Waals surface area (Å²) in [6.07, 6.45) is 0. The van der Waals surface area contributed by atoms with Crippen molar-refractivity contribution >= 4 is 40.5 Å². The molecule has 1 aromatic carbocycles. The predicted octanol–water partition coefficient (Wildman–Crippen LogP) is 2.83. The maximum absolute atomic E-state index is 12.1. The number of benzene rings is 1. The summed E-state index contributed by atoms with van der Waals surface area (Å²) < 4.78 is 4.67. The number of amides is 1. The summed E-state index contributed by atoms with van der Waals surface area (Å²) in [6.45, 7) is 0. The van der Waals surface area contributed by atoms with Gasteiger partial charge in [0.2, 0.25) is 5.91 Å². The summed E-state index contributed by atoms with van der Waals surface area (Å²) in [7, 11) is 1.26. The summed E-state index contributed by atoms with van der Waals surface area (Å²) in [6, 6.07) is 7.33. The van der Waals surface area contributed by atoms with Gasteiger partial charge in [0.1, 0.15) is 6.04 Å². The number of nitrogens with one attached hydrogen (secondary N) is 1. The van der Waals surface area contributed by atoms with Gasteiger partial charge < -0.3 is 15.8 Å². The van der Waals surface area contributed by atoms with Gasteiger partial charge >= 0.3 is 5.97 Å². The maximum atomic E-state index is 12.1. The second-order valence-corrected chi connectivity index (χ2v) is 5.58. The molecule has 0 aliphatic carbocycles. The number of rotatable bonds is 4. The SMILES string of the molecule is COC(=O)c1cc(Cl)ccc1NC(=O)C(N)c1cccs1. The van der Waals surface area contributed by atoms with Gasteiger partial charge in [-0.25, -0.2) is 4.79 Å². The Morgan fingerprint density at radius 3 is 2.76 bits per heavy atom. The lowest BCUT2D eigenvalue weighted by molar-refractivity contribution is -0.117.